The van der Waals surface area contributed by atoms with E-state index in [0.29, 0.717) is 6.54 Å². The molecule has 0 fully saturated rings. The van der Waals surface area contributed by atoms with Gasteiger partial charge in [-0.1, -0.05) is 54.4 Å². The number of hydrogen-bond donors (Lipinski definition) is 0. The predicted octanol–water partition coefficient (Wildman–Crippen LogP) is 3.66. The molecule has 1 atom stereocenters. The summed E-state index contributed by atoms with van der Waals surface area (Å²) in [7, 11) is 3.48. The zero-order chi connectivity index (χ0) is 24.7. The number of rotatable bonds is 6. The molecule has 0 N–H and O–H groups in total. The minimum absolute atomic E-state index is 0.0665. The minimum atomic E-state index is -2.98. The van der Waals surface area contributed by atoms with Gasteiger partial charge in [0.2, 0.25) is 0 Å². The molecule has 0 saturated carbocycles. The van der Waals surface area contributed by atoms with E-state index in [1.165, 1.54) is 0 Å². The van der Waals surface area contributed by atoms with Gasteiger partial charge in [-0.3, -0.25) is 0 Å². The van der Waals surface area contributed by atoms with Crippen molar-refractivity contribution in [1.29, 1.82) is 0 Å². The van der Waals surface area contributed by atoms with Crippen LogP contribution in [-0.2, 0) is 4.74 Å². The average Bonchev–Trinajstić information content (AvgIpc) is 2.69. The lowest BCUT2D eigenvalue weighted by molar-refractivity contribution is 0.0683. The van der Waals surface area contributed by atoms with Gasteiger partial charge in [0, 0.05) is 10.7 Å². The molecule has 0 bridgehead atoms. The van der Waals surface area contributed by atoms with Gasteiger partial charge in [-0.05, 0) is 37.6 Å². The Morgan fingerprint density at radius 2 is 1.80 bits per heavy atom. The van der Waals surface area contributed by atoms with Crippen LogP contribution in [0.25, 0.3) is 0 Å². The van der Waals surface area contributed by atoms with Crippen LogP contribution in [0.15, 0.2) is 54.4 Å². The molecule has 2 nitrogen and oxygen atoms in total. The third-order valence-electron chi connectivity index (χ3n) is 2.58. The zero-order valence-electron chi connectivity index (χ0n) is 23.3. The molecule has 20 heavy (non-hydrogen) atoms. The monoisotopic (exact) mass is 281 g/mol. The van der Waals surface area contributed by atoms with Crippen LogP contribution in [-0.4, -0.2) is 32.1 Å². The van der Waals surface area contributed by atoms with E-state index in [1.807, 2.05) is 0 Å². The first-order valence-corrected chi connectivity index (χ1v) is 6.06. The number of ether oxygens (including phenoxy) is 1. The van der Waals surface area contributed by atoms with Crippen LogP contribution >= 0.6 is 0 Å². The van der Waals surface area contributed by atoms with Crippen LogP contribution in [0, 0.1) is 6.85 Å². The van der Waals surface area contributed by atoms with E-state index < -0.39 is 84.0 Å². The van der Waals surface area contributed by atoms with Crippen molar-refractivity contribution in [3.63, 3.8) is 0 Å². The van der Waals surface area contributed by atoms with Crippen molar-refractivity contribution in [1.82, 2.24) is 4.90 Å². The van der Waals surface area contributed by atoms with Crippen LogP contribution in [0.4, 0.5) is 0 Å². The molecule has 2 aromatic carbocycles. The fraction of sp³-hybridized carbons (Fsp3) is 0.333. The quantitative estimate of drug-likeness (QED) is 0.801. The van der Waals surface area contributed by atoms with Crippen molar-refractivity contribution in [3.05, 3.63) is 71.1 Å². The predicted molar refractivity (Wildman–Crippen MR) is 84.0 cm³/mol. The minimum Gasteiger partial charge on any atom is -0.367 e. The molecule has 0 radical (unpaired) electrons. The van der Waals surface area contributed by atoms with E-state index in [2.05, 4.69) is 0 Å². The molecular formula is C18H23NO. The summed E-state index contributed by atoms with van der Waals surface area (Å²) in [6.07, 6.45) is -1.64. The van der Waals surface area contributed by atoms with E-state index in [4.69, 9.17) is 21.2 Å². The topological polar surface area (TPSA) is 12.5 Å². The van der Waals surface area contributed by atoms with Gasteiger partial charge in [0.1, 0.15) is 6.10 Å². The highest BCUT2D eigenvalue weighted by Crippen LogP contribution is 2.28. The molecule has 2 heteroatoms. The molecule has 2 aromatic rings. The summed E-state index contributed by atoms with van der Waals surface area (Å²) in [6.45, 7) is -2.73. The SMILES string of the molecule is [2H]c1c([2H])c([2H])c(C(OCCN(C)C)c2c([2H])c([2H])c([2H])c([2H])c2C([2H])([2H])[2H])c([2H])c1[2H]. The molecular weight excluding hydrogens is 246 g/mol. The summed E-state index contributed by atoms with van der Waals surface area (Å²) < 4.78 is 102. The first-order valence-electron chi connectivity index (χ1n) is 12.1. The van der Waals surface area contributed by atoms with Gasteiger partial charge < -0.3 is 9.64 Å². The van der Waals surface area contributed by atoms with Crippen molar-refractivity contribution in [2.45, 2.75) is 13.0 Å². The second kappa shape index (κ2) is 7.22. The highest BCUT2D eigenvalue weighted by atomic mass is 16.5. The molecule has 0 aliphatic carbocycles. The molecule has 0 spiro atoms. The fourth-order valence-electron chi connectivity index (χ4n) is 1.57. The van der Waals surface area contributed by atoms with Gasteiger partial charge in [0.15, 0.2) is 0 Å². The van der Waals surface area contributed by atoms with Gasteiger partial charge in [0.25, 0.3) is 0 Å². The third-order valence-corrected chi connectivity index (χ3v) is 2.58. The van der Waals surface area contributed by atoms with Crippen molar-refractivity contribution in [2.24, 2.45) is 0 Å². The van der Waals surface area contributed by atoms with Crippen molar-refractivity contribution in [3.8, 4) is 0 Å². The highest BCUT2D eigenvalue weighted by Gasteiger charge is 2.16. The fourth-order valence-corrected chi connectivity index (χ4v) is 1.57. The zero-order valence-corrected chi connectivity index (χ0v) is 11.3. The number of hydrogen-bond acceptors (Lipinski definition) is 2. The second-order valence-electron chi connectivity index (χ2n) is 4.38. The van der Waals surface area contributed by atoms with Crippen LogP contribution < -0.4 is 0 Å². The van der Waals surface area contributed by atoms with E-state index in [-0.39, 0.29) is 6.61 Å². The molecule has 0 aliphatic heterocycles. The summed E-state index contributed by atoms with van der Waals surface area (Å²) in [5.41, 5.74) is -1.59. The first-order chi connectivity index (χ1) is 14.6. The third kappa shape index (κ3) is 3.92. The number of nitrogens with zero attached hydrogens (tertiary/aromatic N) is 1. The summed E-state index contributed by atoms with van der Waals surface area (Å²) in [5.74, 6) is 0. The van der Waals surface area contributed by atoms with Gasteiger partial charge in [-0.25, -0.2) is 0 Å². The van der Waals surface area contributed by atoms with Crippen molar-refractivity contribution >= 4 is 0 Å². The maximum Gasteiger partial charge on any atom is 0.108 e. The Morgan fingerprint density at radius 3 is 2.50 bits per heavy atom. The maximum atomic E-state index is 8.36. The molecule has 106 valence electrons. The second-order valence-corrected chi connectivity index (χ2v) is 4.38. The molecule has 0 aliphatic rings. The summed E-state index contributed by atoms with van der Waals surface area (Å²) in [4.78, 5) is 1.74. The summed E-state index contributed by atoms with van der Waals surface area (Å²) in [5, 5.41) is 0. The molecule has 0 heterocycles. The molecule has 2 rings (SSSR count). The number of likely N-dealkylation sites (N-methyl/N-ethyl adjacent to an activating group) is 1. The van der Waals surface area contributed by atoms with Gasteiger partial charge >= 0.3 is 0 Å². The largest absolute Gasteiger partial charge is 0.367 e. The van der Waals surface area contributed by atoms with Gasteiger partial charge in [-0.15, -0.1) is 0 Å². The first kappa shape index (κ1) is 5.63. The smallest absolute Gasteiger partial charge is 0.108 e. The Morgan fingerprint density at radius 1 is 1.10 bits per heavy atom. The normalized spacial score (nSPS) is 21.8. The Hall–Kier alpha value is -1.64. The Balaban J connectivity index is 2.98. The van der Waals surface area contributed by atoms with Gasteiger partial charge in [0.05, 0.1) is 18.9 Å². The van der Waals surface area contributed by atoms with E-state index in [0.717, 1.165) is 0 Å². The lowest BCUT2D eigenvalue weighted by Crippen LogP contribution is -2.20. The lowest BCUT2D eigenvalue weighted by Gasteiger charge is -2.22. The molecule has 0 saturated heterocycles. The Bertz CT molecular complexity index is 1010. The Labute approximate surface area is 138 Å². The Kier molecular flexibility index (Phi) is 2.03. The highest BCUT2D eigenvalue weighted by molar-refractivity contribution is 5.35. The van der Waals surface area contributed by atoms with Crippen LogP contribution in [0.3, 0.4) is 0 Å². The maximum absolute atomic E-state index is 8.36. The summed E-state index contributed by atoms with van der Waals surface area (Å²) >= 11 is 0. The summed E-state index contributed by atoms with van der Waals surface area (Å²) in [6, 6.07) is -6.25. The molecule has 0 amide bonds. The van der Waals surface area contributed by atoms with Gasteiger partial charge in [-0.2, -0.15) is 0 Å². The lowest BCUT2D eigenvalue weighted by atomic mass is 9.97. The van der Waals surface area contributed by atoms with E-state index >= 15 is 0 Å². The van der Waals surface area contributed by atoms with E-state index in [9.17, 15) is 0 Å². The van der Waals surface area contributed by atoms with Crippen molar-refractivity contribution < 1.29 is 21.2 Å². The van der Waals surface area contributed by atoms with Crippen LogP contribution in [0.2, 0.25) is 0 Å². The van der Waals surface area contributed by atoms with E-state index in [1.54, 1.807) is 19.0 Å². The van der Waals surface area contributed by atoms with Crippen molar-refractivity contribution in [2.75, 3.05) is 27.2 Å². The standard InChI is InChI=1S/C18H23NO/c1-15-9-7-8-12-17(15)18(20-14-13-19(2)3)16-10-5-4-6-11-16/h4-12,18H,13-14H2,1-3H3/i1D3,4D,5D,6D,7D,8D,9D,10D,11D,12D. The average molecular weight is 281 g/mol. The van der Waals surface area contributed by atoms with Crippen LogP contribution in [0.1, 0.15) is 39.2 Å². The molecule has 1 unspecified atom stereocenters. The van der Waals surface area contributed by atoms with Crippen LogP contribution in [0.5, 0.6) is 0 Å². The molecule has 0 aromatic heterocycles. The number of benzene rings is 2.